The van der Waals surface area contributed by atoms with Crippen LogP contribution in [0.2, 0.25) is 0 Å². The summed E-state index contributed by atoms with van der Waals surface area (Å²) < 4.78 is 15.0. The van der Waals surface area contributed by atoms with Crippen molar-refractivity contribution in [1.82, 2.24) is 10.2 Å². The van der Waals surface area contributed by atoms with Gasteiger partial charge in [-0.15, -0.1) is 10.2 Å². The molecule has 2 N–H and O–H groups in total. The van der Waals surface area contributed by atoms with Gasteiger partial charge >= 0.3 is 0 Å². The number of carbonyl (C=O) groups is 1. The van der Waals surface area contributed by atoms with Crippen LogP contribution in [0.25, 0.3) is 0 Å². The summed E-state index contributed by atoms with van der Waals surface area (Å²) in [6.07, 6.45) is 0. The van der Waals surface area contributed by atoms with Crippen LogP contribution in [0.4, 0.5) is 15.2 Å². The van der Waals surface area contributed by atoms with Gasteiger partial charge in [-0.2, -0.15) is 0 Å². The standard InChI is InChI=1S/C12H12BrFN4OS2/c1-6(20-12-18-17-11(15-2)21-12)10(19)16-9-4-3-7(13)5-8(9)14/h3-6H,1-2H3,(H,15,17)(H,16,19)/t6-/m0/s1. The third-order valence-electron chi connectivity index (χ3n) is 2.46. The number of nitrogens with one attached hydrogen (secondary N) is 2. The first-order valence-electron chi connectivity index (χ1n) is 5.93. The summed E-state index contributed by atoms with van der Waals surface area (Å²) in [5.41, 5.74) is 0.156. The number of rotatable bonds is 5. The number of benzene rings is 1. The van der Waals surface area contributed by atoms with Crippen LogP contribution in [0.3, 0.4) is 0 Å². The van der Waals surface area contributed by atoms with Crippen LogP contribution in [0.1, 0.15) is 6.92 Å². The van der Waals surface area contributed by atoms with Crippen LogP contribution < -0.4 is 10.6 Å². The minimum absolute atomic E-state index is 0.156. The van der Waals surface area contributed by atoms with E-state index in [0.29, 0.717) is 13.9 Å². The largest absolute Gasteiger partial charge is 0.363 e. The van der Waals surface area contributed by atoms with Gasteiger partial charge in [0.25, 0.3) is 0 Å². The second kappa shape index (κ2) is 7.19. The van der Waals surface area contributed by atoms with Crippen molar-refractivity contribution in [3.63, 3.8) is 0 Å². The SMILES string of the molecule is CNc1nnc(S[C@@H](C)C(=O)Nc2ccc(Br)cc2F)s1. The van der Waals surface area contributed by atoms with Gasteiger partial charge in [-0.1, -0.05) is 39.0 Å². The molecule has 21 heavy (non-hydrogen) atoms. The van der Waals surface area contributed by atoms with Crippen molar-refractivity contribution in [2.75, 3.05) is 17.7 Å². The molecule has 1 atom stereocenters. The average Bonchev–Trinajstić information content (AvgIpc) is 2.89. The predicted molar refractivity (Wildman–Crippen MR) is 87.5 cm³/mol. The van der Waals surface area contributed by atoms with E-state index in [0.717, 1.165) is 0 Å². The molecule has 0 aliphatic rings. The first kappa shape index (κ1) is 16.2. The summed E-state index contributed by atoms with van der Waals surface area (Å²) in [5, 5.41) is 13.6. The fourth-order valence-corrected chi connectivity index (χ4v) is 3.57. The fraction of sp³-hybridized carbons (Fsp3) is 0.250. The zero-order valence-electron chi connectivity index (χ0n) is 11.2. The highest BCUT2D eigenvalue weighted by Gasteiger charge is 2.18. The quantitative estimate of drug-likeness (QED) is 0.763. The number of amides is 1. The molecule has 112 valence electrons. The minimum atomic E-state index is -0.483. The third kappa shape index (κ3) is 4.39. The number of thioether (sulfide) groups is 1. The zero-order valence-corrected chi connectivity index (χ0v) is 14.4. The van der Waals surface area contributed by atoms with Crippen molar-refractivity contribution in [2.45, 2.75) is 16.5 Å². The molecule has 0 unspecified atom stereocenters. The lowest BCUT2D eigenvalue weighted by atomic mass is 10.3. The number of nitrogens with zero attached hydrogens (tertiary/aromatic N) is 2. The molecular formula is C12H12BrFN4OS2. The van der Waals surface area contributed by atoms with Crippen LogP contribution in [-0.2, 0) is 4.79 Å². The van der Waals surface area contributed by atoms with Gasteiger partial charge in [0.2, 0.25) is 11.0 Å². The Morgan fingerprint density at radius 1 is 1.48 bits per heavy atom. The molecule has 0 bridgehead atoms. The van der Waals surface area contributed by atoms with Crippen molar-refractivity contribution in [2.24, 2.45) is 0 Å². The van der Waals surface area contributed by atoms with Crippen molar-refractivity contribution in [1.29, 1.82) is 0 Å². The average molecular weight is 391 g/mol. The van der Waals surface area contributed by atoms with Gasteiger partial charge in [-0.25, -0.2) is 4.39 Å². The Hall–Kier alpha value is -1.19. The van der Waals surface area contributed by atoms with Crippen molar-refractivity contribution >= 4 is 55.8 Å². The van der Waals surface area contributed by atoms with Crippen LogP contribution in [0.15, 0.2) is 27.0 Å². The molecule has 0 fully saturated rings. The van der Waals surface area contributed by atoms with Crippen molar-refractivity contribution in [3.05, 3.63) is 28.5 Å². The lowest BCUT2D eigenvalue weighted by molar-refractivity contribution is -0.115. The van der Waals surface area contributed by atoms with Gasteiger partial charge in [0.1, 0.15) is 5.82 Å². The molecule has 1 heterocycles. The molecule has 0 saturated carbocycles. The summed E-state index contributed by atoms with van der Waals surface area (Å²) in [5.74, 6) is -0.772. The number of carbonyl (C=O) groups excluding carboxylic acids is 1. The Labute approximate surface area is 137 Å². The Balaban J connectivity index is 1.99. The molecule has 2 rings (SSSR count). The second-order valence-corrected chi connectivity index (χ2v) is 7.48. The molecule has 0 aliphatic carbocycles. The first-order chi connectivity index (χ1) is 9.99. The van der Waals surface area contributed by atoms with Gasteiger partial charge in [-0.3, -0.25) is 4.79 Å². The van der Waals surface area contributed by atoms with E-state index in [1.165, 1.54) is 35.2 Å². The molecule has 1 amide bonds. The maximum Gasteiger partial charge on any atom is 0.237 e. The van der Waals surface area contributed by atoms with Gasteiger partial charge < -0.3 is 10.6 Å². The van der Waals surface area contributed by atoms with E-state index in [-0.39, 0.29) is 11.6 Å². The van der Waals surface area contributed by atoms with E-state index in [9.17, 15) is 9.18 Å². The smallest absolute Gasteiger partial charge is 0.237 e. The minimum Gasteiger partial charge on any atom is -0.363 e. The monoisotopic (exact) mass is 390 g/mol. The maximum atomic E-state index is 13.7. The van der Waals surface area contributed by atoms with Crippen LogP contribution in [0, 0.1) is 5.82 Å². The van der Waals surface area contributed by atoms with E-state index < -0.39 is 11.1 Å². The summed E-state index contributed by atoms with van der Waals surface area (Å²) in [7, 11) is 1.75. The van der Waals surface area contributed by atoms with E-state index in [1.807, 2.05) is 0 Å². The Morgan fingerprint density at radius 2 is 2.24 bits per heavy atom. The highest BCUT2D eigenvalue weighted by atomic mass is 79.9. The van der Waals surface area contributed by atoms with Crippen LogP contribution >= 0.6 is 39.0 Å². The zero-order chi connectivity index (χ0) is 15.4. The lowest BCUT2D eigenvalue weighted by Gasteiger charge is -2.11. The van der Waals surface area contributed by atoms with Gasteiger partial charge in [-0.05, 0) is 25.1 Å². The molecule has 0 spiro atoms. The highest BCUT2D eigenvalue weighted by molar-refractivity contribution is 9.10. The summed E-state index contributed by atoms with van der Waals surface area (Å²) in [6, 6.07) is 4.48. The predicted octanol–water partition coefficient (Wildman–Crippen LogP) is 3.60. The second-order valence-electron chi connectivity index (χ2n) is 4.00. The lowest BCUT2D eigenvalue weighted by Crippen LogP contribution is -2.22. The van der Waals surface area contributed by atoms with Crippen LogP contribution in [0.5, 0.6) is 0 Å². The fourth-order valence-electron chi connectivity index (χ4n) is 1.39. The topological polar surface area (TPSA) is 66.9 Å². The molecule has 0 saturated heterocycles. The number of hydrogen-bond donors (Lipinski definition) is 2. The number of anilines is 2. The van der Waals surface area contributed by atoms with Crippen molar-refractivity contribution < 1.29 is 9.18 Å². The van der Waals surface area contributed by atoms with E-state index in [1.54, 1.807) is 20.0 Å². The maximum absolute atomic E-state index is 13.7. The van der Waals surface area contributed by atoms with Crippen LogP contribution in [-0.4, -0.2) is 28.4 Å². The molecule has 5 nitrogen and oxygen atoms in total. The molecule has 9 heteroatoms. The summed E-state index contributed by atoms with van der Waals surface area (Å²) in [4.78, 5) is 12.1. The molecule has 1 aromatic heterocycles. The molecule has 2 aromatic rings. The molecular weight excluding hydrogens is 379 g/mol. The number of halogens is 2. The highest BCUT2D eigenvalue weighted by Crippen LogP contribution is 2.29. The molecule has 0 aliphatic heterocycles. The molecule has 0 radical (unpaired) electrons. The van der Waals surface area contributed by atoms with E-state index in [2.05, 4.69) is 36.8 Å². The number of aromatic nitrogens is 2. The Kier molecular flexibility index (Phi) is 5.54. The van der Waals surface area contributed by atoms with Crippen molar-refractivity contribution in [3.8, 4) is 0 Å². The summed E-state index contributed by atoms with van der Waals surface area (Å²) >= 11 is 5.80. The van der Waals surface area contributed by atoms with Gasteiger partial charge in [0.05, 0.1) is 10.9 Å². The van der Waals surface area contributed by atoms with Gasteiger partial charge in [0, 0.05) is 11.5 Å². The molecule has 1 aromatic carbocycles. The third-order valence-corrected chi connectivity index (χ3v) is 5.07. The number of hydrogen-bond acceptors (Lipinski definition) is 6. The normalized spacial score (nSPS) is 12.0. The summed E-state index contributed by atoms with van der Waals surface area (Å²) in [6.45, 7) is 1.73. The Morgan fingerprint density at radius 3 is 2.86 bits per heavy atom. The first-order valence-corrected chi connectivity index (χ1v) is 8.42. The van der Waals surface area contributed by atoms with E-state index in [4.69, 9.17) is 0 Å². The van der Waals surface area contributed by atoms with Gasteiger partial charge in [0.15, 0.2) is 4.34 Å². The van der Waals surface area contributed by atoms with E-state index >= 15 is 0 Å². The Bertz CT molecular complexity index is 652.